The van der Waals surface area contributed by atoms with Crippen molar-refractivity contribution < 1.29 is 9.47 Å². The van der Waals surface area contributed by atoms with Crippen LogP contribution in [0.4, 0.5) is 5.69 Å². The lowest BCUT2D eigenvalue weighted by molar-refractivity contribution is 0.415. The van der Waals surface area contributed by atoms with Gasteiger partial charge in [0.05, 0.1) is 36.7 Å². The largest absolute Gasteiger partial charge is 0.497 e. The molecule has 0 aliphatic rings. The molecular weight excluding hydrogens is 588 g/mol. The molecule has 1 aromatic heterocycles. The van der Waals surface area contributed by atoms with E-state index in [9.17, 15) is 0 Å². The van der Waals surface area contributed by atoms with Gasteiger partial charge in [-0.3, -0.25) is 0 Å². The summed E-state index contributed by atoms with van der Waals surface area (Å²) in [6.45, 7) is 0. The molecule has 0 saturated heterocycles. The van der Waals surface area contributed by atoms with E-state index in [1.54, 1.807) is 14.2 Å². The minimum Gasteiger partial charge on any atom is -0.497 e. The Kier molecular flexibility index (Phi) is 7.60. The lowest BCUT2D eigenvalue weighted by Crippen LogP contribution is -2.08. The number of nitrogens with zero attached hydrogens (tertiary/aromatic N) is 2. The van der Waals surface area contributed by atoms with Crippen LogP contribution >= 0.6 is 0 Å². The molecule has 0 aliphatic carbocycles. The quantitative estimate of drug-likeness (QED) is 0.101. The monoisotopic (exact) mass is 620 g/mol. The standard InChI is InChI=1S/C44H32N2O2/c1-47-33-25-21-29(22-26-33)39-37-19-11-12-20-38(37)46-44-36-18-10-9-17-35(36)41(40(42(39)44)30-23-27-34(48-2)28-24-30)43(31-13-5-3-6-14-31)45-32-15-7-4-8-16-32/h3-28H,1-2H3. The Bertz CT molecular complexity index is 2440. The van der Waals surface area contributed by atoms with Crippen LogP contribution in [0.1, 0.15) is 11.1 Å². The average molecular weight is 621 g/mol. The van der Waals surface area contributed by atoms with Gasteiger partial charge in [0.25, 0.3) is 0 Å². The summed E-state index contributed by atoms with van der Waals surface area (Å²) in [6, 6.07) is 54.3. The van der Waals surface area contributed by atoms with Crippen molar-refractivity contribution in [3.8, 4) is 33.8 Å². The lowest BCUT2D eigenvalue weighted by Gasteiger charge is -2.23. The van der Waals surface area contributed by atoms with Crippen LogP contribution < -0.4 is 9.47 Å². The summed E-state index contributed by atoms with van der Waals surface area (Å²) in [6.07, 6.45) is 0. The van der Waals surface area contributed by atoms with Gasteiger partial charge >= 0.3 is 0 Å². The second kappa shape index (κ2) is 12.5. The van der Waals surface area contributed by atoms with Crippen molar-refractivity contribution in [3.05, 3.63) is 169 Å². The Labute approximate surface area is 279 Å². The van der Waals surface area contributed by atoms with E-state index < -0.39 is 0 Å². The van der Waals surface area contributed by atoms with Crippen molar-refractivity contribution in [1.29, 1.82) is 0 Å². The second-order valence-electron chi connectivity index (χ2n) is 11.6. The Morgan fingerprint density at radius 3 is 1.65 bits per heavy atom. The number of methoxy groups -OCH3 is 2. The van der Waals surface area contributed by atoms with Gasteiger partial charge in [0.15, 0.2) is 0 Å². The number of pyridine rings is 1. The molecular formula is C44H32N2O2. The van der Waals surface area contributed by atoms with Gasteiger partial charge < -0.3 is 9.47 Å². The predicted molar refractivity (Wildman–Crippen MR) is 199 cm³/mol. The first kappa shape index (κ1) is 29.2. The molecule has 0 aliphatic heterocycles. The van der Waals surface area contributed by atoms with Crippen molar-refractivity contribution in [2.24, 2.45) is 4.99 Å². The van der Waals surface area contributed by atoms with E-state index in [-0.39, 0.29) is 0 Å². The van der Waals surface area contributed by atoms with Crippen molar-refractivity contribution in [2.45, 2.75) is 0 Å². The predicted octanol–water partition coefficient (Wildman–Crippen LogP) is 11.1. The zero-order chi connectivity index (χ0) is 32.5. The summed E-state index contributed by atoms with van der Waals surface area (Å²) in [7, 11) is 3.40. The maximum atomic E-state index is 5.61. The van der Waals surface area contributed by atoms with Gasteiger partial charge in [0.2, 0.25) is 0 Å². The molecule has 0 bridgehead atoms. The molecule has 4 nitrogen and oxygen atoms in total. The van der Waals surface area contributed by atoms with E-state index in [1.165, 1.54) is 0 Å². The van der Waals surface area contributed by atoms with E-state index in [0.29, 0.717) is 0 Å². The van der Waals surface area contributed by atoms with Gasteiger partial charge in [-0.2, -0.15) is 0 Å². The minimum atomic E-state index is 0.797. The fourth-order valence-electron chi connectivity index (χ4n) is 6.66. The highest BCUT2D eigenvalue weighted by Gasteiger charge is 2.25. The van der Waals surface area contributed by atoms with E-state index >= 15 is 0 Å². The molecule has 48 heavy (non-hydrogen) atoms. The number of hydrogen-bond acceptors (Lipinski definition) is 4. The smallest absolute Gasteiger partial charge is 0.118 e. The fraction of sp³-hybridized carbons (Fsp3) is 0.0455. The maximum absolute atomic E-state index is 5.61. The summed E-state index contributed by atoms with van der Waals surface area (Å²) >= 11 is 0. The first-order valence-electron chi connectivity index (χ1n) is 16.0. The van der Waals surface area contributed by atoms with E-state index in [1.807, 2.05) is 48.5 Å². The Hall–Kier alpha value is -6.26. The first-order chi connectivity index (χ1) is 23.7. The van der Waals surface area contributed by atoms with Crippen molar-refractivity contribution >= 4 is 44.0 Å². The van der Waals surface area contributed by atoms with Crippen LogP contribution in [0.2, 0.25) is 0 Å². The lowest BCUT2D eigenvalue weighted by atomic mass is 9.82. The van der Waals surface area contributed by atoms with Crippen molar-refractivity contribution in [1.82, 2.24) is 4.98 Å². The number of hydrogen-bond donors (Lipinski definition) is 0. The Balaban J connectivity index is 1.64. The molecule has 4 heteroatoms. The summed E-state index contributed by atoms with van der Waals surface area (Å²) in [5.41, 5.74) is 10.0. The highest BCUT2D eigenvalue weighted by molar-refractivity contribution is 6.32. The zero-order valence-corrected chi connectivity index (χ0v) is 26.7. The average Bonchev–Trinajstić information content (AvgIpc) is 3.16. The minimum absolute atomic E-state index is 0.797. The van der Waals surface area contributed by atoms with Gasteiger partial charge in [0, 0.05) is 38.4 Å². The molecule has 0 atom stereocenters. The normalized spacial score (nSPS) is 11.7. The number of ether oxygens (including phenoxy) is 2. The van der Waals surface area contributed by atoms with Crippen molar-refractivity contribution in [2.75, 3.05) is 14.2 Å². The Morgan fingerprint density at radius 2 is 1.02 bits per heavy atom. The van der Waals surface area contributed by atoms with Crippen LogP contribution in [0.15, 0.2) is 163 Å². The number of rotatable bonds is 7. The first-order valence-corrected chi connectivity index (χ1v) is 16.0. The molecule has 230 valence electrons. The maximum Gasteiger partial charge on any atom is 0.118 e. The molecule has 1 heterocycles. The molecule has 0 saturated carbocycles. The third-order valence-electron chi connectivity index (χ3n) is 8.88. The van der Waals surface area contributed by atoms with Crippen LogP contribution in [-0.4, -0.2) is 24.9 Å². The fourth-order valence-corrected chi connectivity index (χ4v) is 6.66. The number of benzene rings is 7. The van der Waals surface area contributed by atoms with Crippen molar-refractivity contribution in [3.63, 3.8) is 0 Å². The van der Waals surface area contributed by atoms with Crippen LogP contribution in [-0.2, 0) is 0 Å². The van der Waals surface area contributed by atoms with Gasteiger partial charge in [-0.05, 0) is 59.0 Å². The number of aromatic nitrogens is 1. The van der Waals surface area contributed by atoms with E-state index in [0.717, 1.165) is 88.9 Å². The molecule has 0 radical (unpaired) electrons. The molecule has 0 amide bonds. The van der Waals surface area contributed by atoms with Gasteiger partial charge in [-0.15, -0.1) is 0 Å². The third kappa shape index (κ3) is 5.14. The van der Waals surface area contributed by atoms with Gasteiger partial charge in [-0.25, -0.2) is 9.98 Å². The summed E-state index contributed by atoms with van der Waals surface area (Å²) in [5, 5.41) is 4.29. The highest BCUT2D eigenvalue weighted by atomic mass is 16.5. The van der Waals surface area contributed by atoms with Crippen LogP contribution in [0.5, 0.6) is 11.5 Å². The molecule has 7 aromatic carbocycles. The second-order valence-corrected chi connectivity index (χ2v) is 11.6. The molecule has 8 aromatic rings. The molecule has 0 fully saturated rings. The van der Waals surface area contributed by atoms with Crippen LogP contribution in [0.25, 0.3) is 54.8 Å². The molecule has 0 N–H and O–H groups in total. The van der Waals surface area contributed by atoms with E-state index in [2.05, 4.69) is 109 Å². The molecule has 0 spiro atoms. The van der Waals surface area contributed by atoms with Gasteiger partial charge in [0.1, 0.15) is 11.5 Å². The number of fused-ring (bicyclic) bond motifs is 4. The highest BCUT2D eigenvalue weighted by Crippen LogP contribution is 2.47. The summed E-state index contributed by atoms with van der Waals surface area (Å²) in [4.78, 5) is 10.8. The summed E-state index contributed by atoms with van der Waals surface area (Å²) in [5.74, 6) is 1.61. The molecule has 8 rings (SSSR count). The number of aliphatic imine (C=N–C) groups is 1. The topological polar surface area (TPSA) is 43.7 Å². The zero-order valence-electron chi connectivity index (χ0n) is 26.7. The summed E-state index contributed by atoms with van der Waals surface area (Å²) < 4.78 is 11.2. The van der Waals surface area contributed by atoms with E-state index in [4.69, 9.17) is 19.5 Å². The SMILES string of the molecule is COc1ccc(-c2c(C(=Nc3ccccc3)c3ccccc3)c3ccccc3c3nc4ccccc4c(-c4ccc(OC)cc4)c23)cc1. The Morgan fingerprint density at radius 1 is 0.500 bits per heavy atom. The van der Waals surface area contributed by atoms with Crippen LogP contribution in [0, 0.1) is 0 Å². The van der Waals surface area contributed by atoms with Crippen LogP contribution in [0.3, 0.4) is 0 Å². The third-order valence-corrected chi connectivity index (χ3v) is 8.88. The molecule has 0 unspecified atom stereocenters. The van der Waals surface area contributed by atoms with Gasteiger partial charge in [-0.1, -0.05) is 115 Å². The number of para-hydroxylation sites is 2.